The second-order valence-corrected chi connectivity index (χ2v) is 10.2. The zero-order chi connectivity index (χ0) is 23.5. The molecule has 174 valence electrons. The molecule has 1 aliphatic heterocycles. The average molecular weight is 438 g/mol. The number of hydrogen-bond donors (Lipinski definition) is 3. The summed E-state index contributed by atoms with van der Waals surface area (Å²) in [7, 11) is 0. The third-order valence-electron chi connectivity index (χ3n) is 5.81. The maximum Gasteiger partial charge on any atom is 0.120 e. The fourth-order valence-electron chi connectivity index (χ4n) is 4.81. The maximum atomic E-state index is 6.47. The van der Waals surface area contributed by atoms with Crippen molar-refractivity contribution in [2.45, 2.75) is 64.6 Å². The minimum atomic E-state index is -0.367. The molecule has 0 aliphatic carbocycles. The van der Waals surface area contributed by atoms with Crippen molar-refractivity contribution in [3.8, 4) is 5.75 Å². The molecule has 1 unspecified atom stereocenters. The van der Waals surface area contributed by atoms with Crippen LogP contribution in [-0.2, 0) is 6.42 Å². The zero-order valence-electron chi connectivity index (χ0n) is 20.1. The Morgan fingerprint density at radius 3 is 2.41 bits per heavy atom. The van der Waals surface area contributed by atoms with E-state index in [0.29, 0.717) is 6.54 Å². The molecule has 1 heterocycles. The lowest BCUT2D eigenvalue weighted by Gasteiger charge is -2.33. The van der Waals surface area contributed by atoms with Gasteiger partial charge in [0.05, 0.1) is 12.2 Å². The fourth-order valence-corrected chi connectivity index (χ4v) is 4.81. The number of ether oxygens (including phenoxy) is 1. The molecule has 0 spiro atoms. The van der Waals surface area contributed by atoms with Gasteiger partial charge in [0.1, 0.15) is 11.4 Å². The first kappa shape index (κ1) is 24.0. The van der Waals surface area contributed by atoms with Crippen molar-refractivity contribution in [1.29, 1.82) is 0 Å². The van der Waals surface area contributed by atoms with E-state index in [-0.39, 0.29) is 17.2 Å². The Morgan fingerprint density at radius 2 is 1.78 bits per heavy atom. The molecule has 0 saturated heterocycles. The van der Waals surface area contributed by atoms with Gasteiger partial charge >= 0.3 is 0 Å². The third kappa shape index (κ3) is 5.96. The number of nitrogens with two attached hydrogens (primary N) is 3. The van der Waals surface area contributed by atoms with Gasteiger partial charge in [0.25, 0.3) is 0 Å². The molecular formula is C26H39N5O. The molecule has 0 amide bonds. The van der Waals surface area contributed by atoms with Gasteiger partial charge in [0.2, 0.25) is 0 Å². The summed E-state index contributed by atoms with van der Waals surface area (Å²) in [6.07, 6.45) is 3.38. The van der Waals surface area contributed by atoms with Crippen molar-refractivity contribution in [1.82, 2.24) is 5.01 Å². The highest BCUT2D eigenvalue weighted by atomic mass is 16.5. The fraction of sp³-hybridized carbons (Fsp3) is 0.462. The predicted molar refractivity (Wildman–Crippen MR) is 134 cm³/mol. The lowest BCUT2D eigenvalue weighted by Crippen LogP contribution is -2.44. The van der Waals surface area contributed by atoms with E-state index in [4.69, 9.17) is 22.0 Å². The van der Waals surface area contributed by atoms with E-state index in [2.05, 4.69) is 49.9 Å². The highest BCUT2D eigenvalue weighted by molar-refractivity contribution is 5.64. The molecule has 1 aliphatic rings. The standard InChI is InChI=1S/C26H39N5O/c1-19(30-15-14-20-8-6-7-9-23(20)30)17-31(29)24(16-27)21-10-12-22(13-11-21)32-26(4,5)18-25(2,3)28/h6-13,16,19H,14-15,17-18,27-29H2,1-5H3/b24-16-. The lowest BCUT2D eigenvalue weighted by molar-refractivity contribution is 0.0783. The van der Waals surface area contributed by atoms with Crippen LogP contribution < -0.4 is 26.9 Å². The summed E-state index contributed by atoms with van der Waals surface area (Å²) in [5.41, 5.74) is 15.9. The maximum absolute atomic E-state index is 6.47. The van der Waals surface area contributed by atoms with Crippen molar-refractivity contribution in [2.75, 3.05) is 18.0 Å². The third-order valence-corrected chi connectivity index (χ3v) is 5.81. The number of hydrazine groups is 1. The van der Waals surface area contributed by atoms with Crippen LogP contribution in [0.2, 0.25) is 0 Å². The molecule has 2 aromatic rings. The Hall–Kier alpha value is -2.70. The molecule has 32 heavy (non-hydrogen) atoms. The number of anilines is 1. The highest BCUT2D eigenvalue weighted by Gasteiger charge is 2.28. The van der Waals surface area contributed by atoms with Crippen molar-refractivity contribution in [3.63, 3.8) is 0 Å². The van der Waals surface area contributed by atoms with E-state index < -0.39 is 0 Å². The van der Waals surface area contributed by atoms with Crippen molar-refractivity contribution in [3.05, 3.63) is 65.9 Å². The number of para-hydroxylation sites is 1. The van der Waals surface area contributed by atoms with E-state index in [1.165, 1.54) is 11.3 Å². The Balaban J connectivity index is 1.65. The molecular weight excluding hydrogens is 398 g/mol. The second-order valence-electron chi connectivity index (χ2n) is 10.2. The second kappa shape index (κ2) is 9.43. The van der Waals surface area contributed by atoms with Gasteiger partial charge in [-0.2, -0.15) is 0 Å². The van der Waals surface area contributed by atoms with E-state index in [9.17, 15) is 0 Å². The summed E-state index contributed by atoms with van der Waals surface area (Å²) in [5, 5.41) is 1.74. The van der Waals surface area contributed by atoms with Crippen LogP contribution in [0.15, 0.2) is 54.7 Å². The number of fused-ring (bicyclic) bond motifs is 1. The number of benzene rings is 2. The summed E-state index contributed by atoms with van der Waals surface area (Å²) >= 11 is 0. The van der Waals surface area contributed by atoms with Crippen LogP contribution in [0.25, 0.3) is 5.70 Å². The molecule has 0 bridgehead atoms. The van der Waals surface area contributed by atoms with Crippen LogP contribution in [0.1, 0.15) is 52.2 Å². The van der Waals surface area contributed by atoms with Gasteiger partial charge in [-0.1, -0.05) is 18.2 Å². The Bertz CT molecular complexity index is 930. The van der Waals surface area contributed by atoms with E-state index in [1.54, 1.807) is 11.2 Å². The molecule has 0 radical (unpaired) electrons. The van der Waals surface area contributed by atoms with E-state index in [1.807, 2.05) is 38.1 Å². The largest absolute Gasteiger partial charge is 0.488 e. The molecule has 2 aromatic carbocycles. The van der Waals surface area contributed by atoms with Gasteiger partial charge < -0.3 is 26.1 Å². The van der Waals surface area contributed by atoms with E-state index >= 15 is 0 Å². The Morgan fingerprint density at radius 1 is 1.12 bits per heavy atom. The number of rotatable bonds is 9. The molecule has 0 saturated carbocycles. The van der Waals surface area contributed by atoms with Crippen LogP contribution in [0.5, 0.6) is 5.75 Å². The van der Waals surface area contributed by atoms with Gasteiger partial charge in [-0.25, -0.2) is 5.84 Å². The van der Waals surface area contributed by atoms with Crippen LogP contribution in [-0.4, -0.2) is 35.3 Å². The lowest BCUT2D eigenvalue weighted by atomic mass is 9.90. The van der Waals surface area contributed by atoms with Crippen molar-refractivity contribution < 1.29 is 4.74 Å². The zero-order valence-corrected chi connectivity index (χ0v) is 20.1. The molecule has 1 atom stereocenters. The normalized spacial score (nSPS) is 15.5. The Labute approximate surface area is 193 Å². The molecule has 0 fully saturated rings. The van der Waals surface area contributed by atoms with Crippen LogP contribution in [0, 0.1) is 0 Å². The monoisotopic (exact) mass is 437 g/mol. The summed E-state index contributed by atoms with van der Waals surface area (Å²) in [6.45, 7) is 12.0. The summed E-state index contributed by atoms with van der Waals surface area (Å²) in [4.78, 5) is 2.42. The molecule has 3 rings (SSSR count). The van der Waals surface area contributed by atoms with Gasteiger partial charge in [-0.3, -0.25) is 0 Å². The first-order valence-corrected chi connectivity index (χ1v) is 11.4. The first-order valence-electron chi connectivity index (χ1n) is 11.4. The molecule has 6 heteroatoms. The minimum absolute atomic E-state index is 0.252. The Kier molecular flexibility index (Phi) is 7.06. The van der Waals surface area contributed by atoms with Crippen molar-refractivity contribution >= 4 is 11.4 Å². The average Bonchev–Trinajstić information content (AvgIpc) is 3.12. The summed E-state index contributed by atoms with van der Waals surface area (Å²) in [6, 6.07) is 16.7. The van der Waals surface area contributed by atoms with Crippen LogP contribution in [0.3, 0.4) is 0 Å². The van der Waals surface area contributed by atoms with Gasteiger partial charge in [-0.15, -0.1) is 0 Å². The number of hydrogen-bond acceptors (Lipinski definition) is 6. The van der Waals surface area contributed by atoms with Gasteiger partial charge in [0, 0.05) is 42.0 Å². The number of nitrogens with zero attached hydrogens (tertiary/aromatic N) is 2. The first-order chi connectivity index (χ1) is 15.0. The quantitative estimate of drug-likeness (QED) is 0.407. The topological polar surface area (TPSA) is 93.8 Å². The minimum Gasteiger partial charge on any atom is -0.488 e. The van der Waals surface area contributed by atoms with Crippen molar-refractivity contribution in [2.24, 2.45) is 17.3 Å². The van der Waals surface area contributed by atoms with Crippen LogP contribution >= 0.6 is 0 Å². The smallest absolute Gasteiger partial charge is 0.120 e. The van der Waals surface area contributed by atoms with Gasteiger partial charge in [-0.05, 0) is 76.9 Å². The van der Waals surface area contributed by atoms with Gasteiger partial charge in [0.15, 0.2) is 0 Å². The molecule has 0 aromatic heterocycles. The SMILES string of the molecule is CC(CN(N)/C(=C\N)c1ccc(OC(C)(C)CC(C)(C)N)cc1)N1CCc2ccccc21. The summed E-state index contributed by atoms with van der Waals surface area (Å²) in [5.74, 6) is 7.27. The predicted octanol–water partition coefficient (Wildman–Crippen LogP) is 3.86. The molecule has 6 nitrogen and oxygen atoms in total. The van der Waals surface area contributed by atoms with E-state index in [0.717, 1.165) is 36.4 Å². The summed E-state index contributed by atoms with van der Waals surface area (Å²) < 4.78 is 6.19. The van der Waals surface area contributed by atoms with Crippen LogP contribution in [0.4, 0.5) is 5.69 Å². The molecule has 6 N–H and O–H groups in total. The highest BCUT2D eigenvalue weighted by Crippen LogP contribution is 2.30.